The summed E-state index contributed by atoms with van der Waals surface area (Å²) in [6.45, 7) is 3.82. The van der Waals surface area contributed by atoms with E-state index in [1.54, 1.807) is 19.1 Å². The average molecular weight is 388 g/mol. The summed E-state index contributed by atoms with van der Waals surface area (Å²) in [7, 11) is -3.50. The normalized spacial score (nSPS) is 21.8. The van der Waals surface area contributed by atoms with E-state index < -0.39 is 10.0 Å². The van der Waals surface area contributed by atoms with Crippen molar-refractivity contribution in [3.05, 3.63) is 29.3 Å². The van der Waals surface area contributed by atoms with Gasteiger partial charge in [-0.15, -0.1) is 12.4 Å². The quantitative estimate of drug-likeness (QED) is 0.825. The van der Waals surface area contributed by atoms with E-state index in [0.717, 1.165) is 30.4 Å². The van der Waals surface area contributed by atoms with Crippen LogP contribution in [0.25, 0.3) is 0 Å². The Morgan fingerprint density at radius 1 is 1.16 bits per heavy atom. The Balaban J connectivity index is 0.00000225. The average Bonchev–Trinajstić information content (AvgIpc) is 2.76. The van der Waals surface area contributed by atoms with Gasteiger partial charge in [-0.05, 0) is 48.9 Å². The highest BCUT2D eigenvalue weighted by Crippen LogP contribution is 2.24. The van der Waals surface area contributed by atoms with E-state index in [0.29, 0.717) is 37.5 Å². The zero-order chi connectivity index (χ0) is 17.3. The van der Waals surface area contributed by atoms with Crippen LogP contribution in [0, 0.1) is 0 Å². The summed E-state index contributed by atoms with van der Waals surface area (Å²) in [5.74, 6) is 0.0676. The Morgan fingerprint density at radius 3 is 2.48 bits per heavy atom. The van der Waals surface area contributed by atoms with Crippen LogP contribution in [-0.2, 0) is 27.7 Å². The molecule has 0 radical (unpaired) electrons. The third kappa shape index (κ3) is 4.34. The van der Waals surface area contributed by atoms with E-state index in [2.05, 4.69) is 0 Å². The molecular weight excluding hydrogens is 362 g/mol. The maximum atomic E-state index is 12.9. The molecule has 8 heteroatoms. The second kappa shape index (κ2) is 8.03. The van der Waals surface area contributed by atoms with Crippen LogP contribution in [0.2, 0.25) is 0 Å². The molecule has 0 aromatic heterocycles. The predicted octanol–water partition coefficient (Wildman–Crippen LogP) is 1.17. The minimum atomic E-state index is -3.50. The number of sulfonamides is 1. The van der Waals surface area contributed by atoms with Crippen LogP contribution in [0.5, 0.6) is 0 Å². The molecule has 0 saturated carbocycles. The van der Waals surface area contributed by atoms with Gasteiger partial charge in [-0.3, -0.25) is 4.79 Å². The number of benzene rings is 1. The second-order valence-corrected chi connectivity index (χ2v) is 8.64. The van der Waals surface area contributed by atoms with Gasteiger partial charge in [-0.1, -0.05) is 6.07 Å². The van der Waals surface area contributed by atoms with Gasteiger partial charge in [0.05, 0.1) is 4.90 Å². The lowest BCUT2D eigenvalue weighted by Gasteiger charge is -2.30. The van der Waals surface area contributed by atoms with Crippen LogP contribution in [0.4, 0.5) is 0 Å². The molecule has 1 aromatic carbocycles. The molecule has 0 bridgehead atoms. The van der Waals surface area contributed by atoms with Crippen LogP contribution in [0.1, 0.15) is 30.9 Å². The highest BCUT2D eigenvalue weighted by atomic mass is 35.5. The molecular formula is C17H26ClN3O3S. The first-order valence-electron chi connectivity index (χ1n) is 8.51. The summed E-state index contributed by atoms with van der Waals surface area (Å²) in [5.41, 5.74) is 8.09. The highest BCUT2D eigenvalue weighted by Gasteiger charge is 2.29. The molecule has 3 rings (SSSR count). The summed E-state index contributed by atoms with van der Waals surface area (Å²) < 4.78 is 27.3. The summed E-state index contributed by atoms with van der Waals surface area (Å²) in [6, 6.07) is 5.29. The third-order valence-corrected chi connectivity index (χ3v) is 6.84. The number of rotatable bonds is 2. The maximum Gasteiger partial charge on any atom is 0.243 e. The van der Waals surface area contributed by atoms with Crippen molar-refractivity contribution < 1.29 is 13.2 Å². The lowest BCUT2D eigenvalue weighted by Crippen LogP contribution is -2.45. The molecule has 2 N–H and O–H groups in total. The number of halogens is 1. The van der Waals surface area contributed by atoms with Crippen molar-refractivity contribution >= 4 is 28.3 Å². The summed E-state index contributed by atoms with van der Waals surface area (Å²) in [6.07, 6.45) is 3.14. The summed E-state index contributed by atoms with van der Waals surface area (Å²) >= 11 is 0. The SMILES string of the molecule is CC(=O)N1CCc2ccc(S(=O)(=O)N3CCCC(N)C3)cc2CC1.Cl. The van der Waals surface area contributed by atoms with Gasteiger partial charge in [-0.25, -0.2) is 8.42 Å². The molecule has 0 spiro atoms. The Kier molecular flexibility index (Phi) is 6.48. The number of hydrogen-bond donors (Lipinski definition) is 1. The third-order valence-electron chi connectivity index (χ3n) is 4.98. The molecule has 1 saturated heterocycles. The minimum Gasteiger partial charge on any atom is -0.342 e. The monoisotopic (exact) mass is 387 g/mol. The van der Waals surface area contributed by atoms with Crippen molar-refractivity contribution in [1.82, 2.24) is 9.21 Å². The number of nitrogens with zero attached hydrogens (tertiary/aromatic N) is 2. The summed E-state index contributed by atoms with van der Waals surface area (Å²) in [5, 5.41) is 0. The number of fused-ring (bicyclic) bond motifs is 1. The van der Waals surface area contributed by atoms with Crippen LogP contribution in [-0.4, -0.2) is 55.8 Å². The topological polar surface area (TPSA) is 83.7 Å². The molecule has 6 nitrogen and oxygen atoms in total. The predicted molar refractivity (Wildman–Crippen MR) is 99.3 cm³/mol. The van der Waals surface area contributed by atoms with Gasteiger partial charge in [0.2, 0.25) is 15.9 Å². The van der Waals surface area contributed by atoms with E-state index in [1.807, 2.05) is 11.0 Å². The molecule has 1 fully saturated rings. The lowest BCUT2D eigenvalue weighted by atomic mass is 10.0. The first kappa shape index (κ1) is 20.2. The Hall–Kier alpha value is -1.15. The number of nitrogens with two attached hydrogens (primary N) is 1. The van der Waals surface area contributed by atoms with Gasteiger partial charge in [0.25, 0.3) is 0 Å². The van der Waals surface area contributed by atoms with Crippen molar-refractivity contribution in [2.24, 2.45) is 5.73 Å². The molecule has 140 valence electrons. The molecule has 1 unspecified atom stereocenters. The van der Waals surface area contributed by atoms with Crippen LogP contribution < -0.4 is 5.73 Å². The van der Waals surface area contributed by atoms with E-state index >= 15 is 0 Å². The fraction of sp³-hybridized carbons (Fsp3) is 0.588. The number of amides is 1. The van der Waals surface area contributed by atoms with Gasteiger partial charge in [0, 0.05) is 39.1 Å². The largest absolute Gasteiger partial charge is 0.342 e. The molecule has 1 amide bonds. The molecule has 2 heterocycles. The molecule has 2 aliphatic rings. The van der Waals surface area contributed by atoms with E-state index in [9.17, 15) is 13.2 Å². The fourth-order valence-corrected chi connectivity index (χ4v) is 5.10. The van der Waals surface area contributed by atoms with E-state index in [1.165, 1.54) is 4.31 Å². The standard InChI is InChI=1S/C17H25N3O3S.ClH/c1-13(21)19-9-6-14-4-5-17(11-15(14)7-10-19)24(22,23)20-8-2-3-16(18)12-20;/h4-5,11,16H,2-3,6-10,12,18H2,1H3;1H. The van der Waals surface area contributed by atoms with E-state index in [4.69, 9.17) is 5.73 Å². The van der Waals surface area contributed by atoms with Crippen LogP contribution in [0.15, 0.2) is 23.1 Å². The van der Waals surface area contributed by atoms with Gasteiger partial charge in [-0.2, -0.15) is 4.31 Å². The molecule has 1 aromatic rings. The van der Waals surface area contributed by atoms with Crippen molar-refractivity contribution in [2.45, 2.75) is 43.5 Å². The Labute approximate surface area is 155 Å². The molecule has 2 aliphatic heterocycles. The number of hydrogen-bond acceptors (Lipinski definition) is 4. The van der Waals surface area contributed by atoms with Crippen molar-refractivity contribution in [1.29, 1.82) is 0 Å². The van der Waals surface area contributed by atoms with Crippen molar-refractivity contribution in [3.63, 3.8) is 0 Å². The maximum absolute atomic E-state index is 12.9. The van der Waals surface area contributed by atoms with E-state index in [-0.39, 0.29) is 24.4 Å². The van der Waals surface area contributed by atoms with Gasteiger partial charge >= 0.3 is 0 Å². The molecule has 25 heavy (non-hydrogen) atoms. The first-order chi connectivity index (χ1) is 11.4. The van der Waals surface area contributed by atoms with Gasteiger partial charge in [0.1, 0.15) is 0 Å². The summed E-state index contributed by atoms with van der Waals surface area (Å²) in [4.78, 5) is 13.7. The zero-order valence-electron chi connectivity index (χ0n) is 14.5. The second-order valence-electron chi connectivity index (χ2n) is 6.70. The van der Waals surface area contributed by atoms with Crippen molar-refractivity contribution in [3.8, 4) is 0 Å². The first-order valence-corrected chi connectivity index (χ1v) is 9.95. The van der Waals surface area contributed by atoms with Crippen LogP contribution in [0.3, 0.4) is 0 Å². The molecule has 1 atom stereocenters. The Morgan fingerprint density at radius 2 is 1.84 bits per heavy atom. The number of carbonyl (C=O) groups is 1. The fourth-order valence-electron chi connectivity index (χ4n) is 3.52. The van der Waals surface area contributed by atoms with Gasteiger partial charge in [0.15, 0.2) is 0 Å². The molecule has 0 aliphatic carbocycles. The van der Waals surface area contributed by atoms with Crippen LogP contribution >= 0.6 is 12.4 Å². The van der Waals surface area contributed by atoms with Crippen molar-refractivity contribution in [2.75, 3.05) is 26.2 Å². The lowest BCUT2D eigenvalue weighted by molar-refractivity contribution is -0.128. The minimum absolute atomic E-state index is 0. The Bertz CT molecular complexity index is 739. The van der Waals surface area contributed by atoms with Gasteiger partial charge < -0.3 is 10.6 Å². The smallest absolute Gasteiger partial charge is 0.243 e. The highest BCUT2D eigenvalue weighted by molar-refractivity contribution is 7.89. The zero-order valence-corrected chi connectivity index (χ0v) is 16.1. The number of piperidine rings is 1. The number of carbonyl (C=O) groups excluding carboxylic acids is 1.